The molecule has 26 heavy (non-hydrogen) atoms. The van der Waals surface area contributed by atoms with Crippen LogP contribution in [0.25, 0.3) is 0 Å². The van der Waals surface area contributed by atoms with E-state index in [1.807, 2.05) is 0 Å². The van der Waals surface area contributed by atoms with Crippen LogP contribution in [0, 0.1) is 34.6 Å². The van der Waals surface area contributed by atoms with Crippen molar-refractivity contribution in [2.24, 2.45) is 5.92 Å². The van der Waals surface area contributed by atoms with E-state index < -0.39 is 62.0 Å². The Bertz CT molecular complexity index is 764. The molecule has 0 heterocycles. The van der Waals surface area contributed by atoms with Crippen molar-refractivity contribution in [2.75, 3.05) is 13.2 Å². The van der Waals surface area contributed by atoms with Crippen LogP contribution in [0.5, 0.6) is 0 Å². The van der Waals surface area contributed by atoms with Gasteiger partial charge < -0.3 is 9.47 Å². The molecule has 8 nitrogen and oxygen atoms in total. The molecule has 11 heteroatoms. The second-order valence-electron chi connectivity index (χ2n) is 4.85. The summed E-state index contributed by atoms with van der Waals surface area (Å²) in [6, 6.07) is 0. The Morgan fingerprint density at radius 2 is 1.58 bits per heavy atom. The fraction of sp³-hybridized carbons (Fsp3) is 0.400. The lowest BCUT2D eigenvalue weighted by Gasteiger charge is -2.15. The van der Waals surface area contributed by atoms with Crippen molar-refractivity contribution in [2.45, 2.75) is 20.8 Å². The fourth-order valence-electron chi connectivity index (χ4n) is 2.07. The SMILES string of the molecule is CCOC(=O)C(C(=O)OCC)C(=O)c1c(Cl)c(C)c(F)c(F)c1[N+](=O)[O-]. The van der Waals surface area contributed by atoms with Gasteiger partial charge in [-0.25, -0.2) is 4.39 Å². The Balaban J connectivity index is 3.69. The van der Waals surface area contributed by atoms with Crippen LogP contribution in [0.2, 0.25) is 5.02 Å². The number of halogens is 3. The van der Waals surface area contributed by atoms with Crippen LogP contribution < -0.4 is 0 Å². The van der Waals surface area contributed by atoms with E-state index in [2.05, 4.69) is 9.47 Å². The average Bonchev–Trinajstić information content (AvgIpc) is 2.56. The second kappa shape index (κ2) is 8.65. The molecule has 1 aromatic rings. The van der Waals surface area contributed by atoms with Crippen molar-refractivity contribution in [1.82, 2.24) is 0 Å². The molecule has 0 amide bonds. The summed E-state index contributed by atoms with van der Waals surface area (Å²) in [7, 11) is 0. The van der Waals surface area contributed by atoms with E-state index in [1.54, 1.807) is 0 Å². The number of hydrogen-bond acceptors (Lipinski definition) is 7. The standard InChI is InChI=1S/C15H14ClF2NO7/c1-4-25-14(21)8(15(22)26-5-2)13(20)7-9(16)6(3)10(17)11(18)12(7)19(23)24/h8H,4-5H2,1-3H3. The van der Waals surface area contributed by atoms with Crippen molar-refractivity contribution < 1.29 is 37.6 Å². The van der Waals surface area contributed by atoms with Crippen LogP contribution >= 0.6 is 11.6 Å². The van der Waals surface area contributed by atoms with Gasteiger partial charge in [-0.15, -0.1) is 0 Å². The molecule has 0 unspecified atom stereocenters. The molecule has 0 N–H and O–H groups in total. The molecule has 0 saturated carbocycles. The average molecular weight is 394 g/mol. The first-order valence-electron chi connectivity index (χ1n) is 7.28. The van der Waals surface area contributed by atoms with Crippen molar-refractivity contribution in [3.8, 4) is 0 Å². The predicted molar refractivity (Wildman–Crippen MR) is 83.8 cm³/mol. The van der Waals surface area contributed by atoms with Gasteiger partial charge >= 0.3 is 17.6 Å². The normalized spacial score (nSPS) is 10.6. The van der Waals surface area contributed by atoms with Gasteiger partial charge in [0.25, 0.3) is 0 Å². The minimum atomic E-state index is -2.27. The van der Waals surface area contributed by atoms with Gasteiger partial charge in [-0.3, -0.25) is 24.5 Å². The summed E-state index contributed by atoms with van der Waals surface area (Å²) in [5.74, 6) is -10.1. The Kier molecular flexibility index (Phi) is 7.13. The maximum Gasteiger partial charge on any atom is 0.328 e. The zero-order valence-electron chi connectivity index (χ0n) is 13.9. The number of Topliss-reactive ketones (excluding diaryl/α,β-unsaturated/α-hetero) is 1. The van der Waals surface area contributed by atoms with Gasteiger partial charge in [-0.2, -0.15) is 4.39 Å². The number of nitro benzene ring substituents is 1. The molecule has 0 saturated heterocycles. The summed E-state index contributed by atoms with van der Waals surface area (Å²) >= 11 is 5.79. The van der Waals surface area contributed by atoms with Gasteiger partial charge in [0, 0.05) is 5.56 Å². The first-order valence-corrected chi connectivity index (χ1v) is 7.66. The van der Waals surface area contributed by atoms with Crippen LogP contribution in [0.1, 0.15) is 29.8 Å². The number of hydrogen-bond donors (Lipinski definition) is 0. The molecule has 0 aliphatic rings. The highest BCUT2D eigenvalue weighted by Gasteiger charge is 2.43. The summed E-state index contributed by atoms with van der Waals surface area (Å²) < 4.78 is 37.0. The molecule has 0 atom stereocenters. The summed E-state index contributed by atoms with van der Waals surface area (Å²) in [4.78, 5) is 46.4. The number of carbonyl (C=O) groups excluding carboxylic acids is 3. The van der Waals surface area contributed by atoms with E-state index >= 15 is 0 Å². The van der Waals surface area contributed by atoms with Gasteiger partial charge in [0.1, 0.15) is 5.56 Å². The van der Waals surface area contributed by atoms with E-state index in [0.717, 1.165) is 6.92 Å². The van der Waals surface area contributed by atoms with Crippen LogP contribution in [0.4, 0.5) is 14.5 Å². The molecule has 0 aliphatic carbocycles. The zero-order chi connectivity index (χ0) is 20.2. The molecule has 0 fully saturated rings. The monoisotopic (exact) mass is 393 g/mol. The molecule has 0 spiro atoms. The minimum absolute atomic E-state index is 0.214. The van der Waals surface area contributed by atoms with E-state index in [0.29, 0.717) is 0 Å². The molecular weight excluding hydrogens is 380 g/mol. The van der Waals surface area contributed by atoms with Crippen molar-refractivity contribution in [1.29, 1.82) is 0 Å². The highest BCUT2D eigenvalue weighted by atomic mass is 35.5. The number of esters is 2. The largest absolute Gasteiger partial charge is 0.465 e. The molecule has 0 aromatic heterocycles. The molecular formula is C15H14ClF2NO7. The highest BCUT2D eigenvalue weighted by molar-refractivity contribution is 6.37. The molecule has 0 aliphatic heterocycles. The smallest absolute Gasteiger partial charge is 0.328 e. The van der Waals surface area contributed by atoms with Crippen molar-refractivity contribution in [3.05, 3.63) is 37.9 Å². The number of benzene rings is 1. The summed E-state index contributed by atoms with van der Waals surface area (Å²) in [5.41, 5.74) is -3.29. The third kappa shape index (κ3) is 3.96. The maximum atomic E-state index is 14.0. The first kappa shape index (κ1) is 21.4. The molecule has 142 valence electrons. The predicted octanol–water partition coefficient (Wildman–Crippen LogP) is 2.76. The van der Waals surface area contributed by atoms with Crippen LogP contribution in [-0.2, 0) is 19.1 Å². The van der Waals surface area contributed by atoms with E-state index in [1.165, 1.54) is 13.8 Å². The number of ether oxygens (including phenoxy) is 2. The number of nitro groups is 1. The Hall–Kier alpha value is -2.62. The summed E-state index contributed by atoms with van der Waals surface area (Å²) in [6.45, 7) is 3.33. The number of nitrogens with zero attached hydrogens (tertiary/aromatic N) is 1. The van der Waals surface area contributed by atoms with Gasteiger partial charge in [0.2, 0.25) is 11.7 Å². The lowest BCUT2D eigenvalue weighted by Crippen LogP contribution is -2.35. The lowest BCUT2D eigenvalue weighted by atomic mass is 9.94. The van der Waals surface area contributed by atoms with Gasteiger partial charge in [-0.05, 0) is 20.8 Å². The van der Waals surface area contributed by atoms with Crippen LogP contribution in [0.15, 0.2) is 0 Å². The number of ketones is 1. The Labute approximate surface area is 151 Å². The van der Waals surface area contributed by atoms with E-state index in [-0.39, 0.29) is 13.2 Å². The fourth-order valence-corrected chi connectivity index (χ4v) is 2.33. The van der Waals surface area contributed by atoms with Gasteiger partial charge in [0.15, 0.2) is 11.6 Å². The molecule has 0 radical (unpaired) electrons. The van der Waals surface area contributed by atoms with E-state index in [9.17, 15) is 33.3 Å². The topological polar surface area (TPSA) is 113 Å². The van der Waals surface area contributed by atoms with Crippen molar-refractivity contribution >= 4 is 35.0 Å². The molecule has 1 aromatic carbocycles. The summed E-state index contributed by atoms with van der Waals surface area (Å²) in [5, 5.41) is 10.3. The van der Waals surface area contributed by atoms with Crippen molar-refractivity contribution in [3.63, 3.8) is 0 Å². The minimum Gasteiger partial charge on any atom is -0.465 e. The Morgan fingerprint density at radius 3 is 1.96 bits per heavy atom. The molecule has 1 rings (SSSR count). The van der Waals surface area contributed by atoms with E-state index in [4.69, 9.17) is 11.6 Å². The Morgan fingerprint density at radius 1 is 1.12 bits per heavy atom. The number of rotatable bonds is 7. The van der Waals surface area contributed by atoms with Gasteiger partial charge in [0.05, 0.1) is 23.2 Å². The van der Waals surface area contributed by atoms with Gasteiger partial charge in [-0.1, -0.05) is 11.6 Å². The lowest BCUT2D eigenvalue weighted by molar-refractivity contribution is -0.388. The zero-order valence-corrected chi connectivity index (χ0v) is 14.7. The maximum absolute atomic E-state index is 14.0. The van der Waals surface area contributed by atoms with Crippen LogP contribution in [0.3, 0.4) is 0 Å². The first-order chi connectivity index (χ1) is 12.1. The highest BCUT2D eigenvalue weighted by Crippen LogP contribution is 2.36. The summed E-state index contributed by atoms with van der Waals surface area (Å²) in [6.07, 6.45) is 0. The second-order valence-corrected chi connectivity index (χ2v) is 5.23. The third-order valence-electron chi connectivity index (χ3n) is 3.25. The molecule has 0 bridgehead atoms. The van der Waals surface area contributed by atoms with Crippen LogP contribution in [-0.4, -0.2) is 35.9 Å². The quantitative estimate of drug-likeness (QED) is 0.175. The number of carbonyl (C=O) groups is 3. The third-order valence-corrected chi connectivity index (χ3v) is 3.72.